The number of Topliss-reactive ketones (excluding diaryl/α,β-unsaturated/α-hetero) is 1. The molecule has 0 amide bonds. The molecule has 7 nitrogen and oxygen atoms in total. The zero-order chi connectivity index (χ0) is 20.5. The largest absolute Gasteiger partial charge is 0.457 e. The SMILES string of the molecule is [2H][C@H](C(=O)C(=O)OC(C)C)[C@H]1O[C@H](OCc2ccccc2)[C@H]2OC(C)(C)O[C@H]21. The minimum atomic E-state index is -1.50. The summed E-state index contributed by atoms with van der Waals surface area (Å²) in [6, 6.07) is 9.54. The molecular weight excluding hydrogens is 352 g/mol. The average Bonchev–Trinajstić information content (AvgIpc) is 3.12. The number of fused-ring (bicyclic) bond motifs is 1. The highest BCUT2D eigenvalue weighted by molar-refractivity contribution is 6.33. The topological polar surface area (TPSA) is 80.3 Å². The van der Waals surface area contributed by atoms with Gasteiger partial charge in [-0.1, -0.05) is 30.3 Å². The Hall–Kier alpha value is -1.80. The molecule has 2 aliphatic rings. The summed E-state index contributed by atoms with van der Waals surface area (Å²) < 4.78 is 36.5. The average molecular weight is 379 g/mol. The van der Waals surface area contributed by atoms with Gasteiger partial charge in [-0.25, -0.2) is 4.79 Å². The van der Waals surface area contributed by atoms with Crippen LogP contribution in [0, 0.1) is 0 Å². The van der Waals surface area contributed by atoms with Gasteiger partial charge in [0.1, 0.15) is 12.2 Å². The Labute approximate surface area is 160 Å². The van der Waals surface area contributed by atoms with Gasteiger partial charge >= 0.3 is 5.97 Å². The van der Waals surface area contributed by atoms with Gasteiger partial charge in [-0.05, 0) is 33.3 Å². The fraction of sp³-hybridized carbons (Fsp3) is 0.600. The molecule has 2 saturated heterocycles. The molecule has 3 rings (SSSR count). The molecule has 7 heteroatoms. The van der Waals surface area contributed by atoms with Crippen molar-refractivity contribution in [2.45, 2.75) is 77.2 Å². The lowest BCUT2D eigenvalue weighted by atomic mass is 10.1. The summed E-state index contributed by atoms with van der Waals surface area (Å²) in [5.41, 5.74) is 0.947. The van der Waals surface area contributed by atoms with Gasteiger partial charge in [-0.2, -0.15) is 0 Å². The van der Waals surface area contributed by atoms with Gasteiger partial charge in [0.25, 0.3) is 0 Å². The van der Waals surface area contributed by atoms with E-state index in [0.717, 1.165) is 5.56 Å². The minimum absolute atomic E-state index is 0.275. The zero-order valence-corrected chi connectivity index (χ0v) is 15.9. The van der Waals surface area contributed by atoms with E-state index < -0.39 is 54.6 Å². The predicted molar refractivity (Wildman–Crippen MR) is 94.6 cm³/mol. The number of ether oxygens (including phenoxy) is 5. The third-order valence-electron chi connectivity index (χ3n) is 4.16. The van der Waals surface area contributed by atoms with Crippen LogP contribution in [0.4, 0.5) is 0 Å². The second-order valence-corrected chi connectivity index (χ2v) is 7.32. The fourth-order valence-electron chi connectivity index (χ4n) is 3.10. The molecule has 0 saturated carbocycles. The molecule has 0 unspecified atom stereocenters. The Kier molecular flexibility index (Phi) is 5.54. The zero-order valence-electron chi connectivity index (χ0n) is 16.9. The van der Waals surface area contributed by atoms with Crippen LogP contribution in [0.25, 0.3) is 0 Å². The molecule has 2 heterocycles. The monoisotopic (exact) mass is 379 g/mol. The van der Waals surface area contributed by atoms with E-state index in [1.54, 1.807) is 27.7 Å². The van der Waals surface area contributed by atoms with Crippen LogP contribution in [0.5, 0.6) is 0 Å². The van der Waals surface area contributed by atoms with Crippen LogP contribution >= 0.6 is 0 Å². The van der Waals surface area contributed by atoms with E-state index in [1.807, 2.05) is 30.3 Å². The molecule has 0 spiro atoms. The third kappa shape index (κ3) is 4.93. The van der Waals surface area contributed by atoms with Crippen LogP contribution in [0.1, 0.15) is 41.0 Å². The van der Waals surface area contributed by atoms with Crippen molar-refractivity contribution >= 4 is 11.8 Å². The van der Waals surface area contributed by atoms with E-state index in [0.29, 0.717) is 0 Å². The maximum absolute atomic E-state index is 12.3. The fourth-order valence-corrected chi connectivity index (χ4v) is 3.10. The summed E-state index contributed by atoms with van der Waals surface area (Å²) in [5, 5.41) is 0. The van der Waals surface area contributed by atoms with Crippen LogP contribution in [0.2, 0.25) is 0 Å². The first-order chi connectivity index (χ1) is 13.2. The summed E-state index contributed by atoms with van der Waals surface area (Å²) in [6.07, 6.45) is -5.08. The number of hydrogen-bond donors (Lipinski definition) is 0. The molecule has 0 N–H and O–H groups in total. The second kappa shape index (κ2) is 8.06. The number of rotatable bonds is 7. The Morgan fingerprint density at radius 2 is 1.85 bits per heavy atom. The third-order valence-corrected chi connectivity index (χ3v) is 4.16. The van der Waals surface area contributed by atoms with Gasteiger partial charge in [-0.3, -0.25) is 4.79 Å². The molecule has 1 aromatic carbocycles. The van der Waals surface area contributed by atoms with Gasteiger partial charge in [0.15, 0.2) is 12.1 Å². The molecule has 148 valence electrons. The van der Waals surface area contributed by atoms with Gasteiger partial charge in [-0.15, -0.1) is 0 Å². The first kappa shape index (κ1) is 18.6. The highest BCUT2D eigenvalue weighted by atomic mass is 16.8. The highest BCUT2D eigenvalue weighted by Crippen LogP contribution is 2.40. The number of benzene rings is 1. The van der Waals surface area contributed by atoms with E-state index in [1.165, 1.54) is 0 Å². The summed E-state index contributed by atoms with van der Waals surface area (Å²) in [4.78, 5) is 24.2. The maximum atomic E-state index is 12.3. The Morgan fingerprint density at radius 1 is 1.19 bits per heavy atom. The first-order valence-electron chi connectivity index (χ1n) is 9.59. The van der Waals surface area contributed by atoms with Gasteiger partial charge < -0.3 is 23.7 Å². The van der Waals surface area contributed by atoms with Crippen LogP contribution in [-0.2, 0) is 39.9 Å². The molecule has 5 atom stereocenters. The van der Waals surface area contributed by atoms with E-state index in [2.05, 4.69) is 0 Å². The lowest BCUT2D eigenvalue weighted by Gasteiger charge is -2.24. The number of ketones is 1. The maximum Gasteiger partial charge on any atom is 0.374 e. The van der Waals surface area contributed by atoms with Crippen molar-refractivity contribution < 1.29 is 34.6 Å². The molecule has 0 bridgehead atoms. The second-order valence-electron chi connectivity index (χ2n) is 7.32. The van der Waals surface area contributed by atoms with Gasteiger partial charge in [0.05, 0.1) is 18.8 Å². The molecule has 0 radical (unpaired) electrons. The van der Waals surface area contributed by atoms with E-state index >= 15 is 0 Å². The van der Waals surface area contributed by atoms with Crippen LogP contribution in [-0.4, -0.2) is 48.2 Å². The summed E-state index contributed by atoms with van der Waals surface area (Å²) in [6.45, 7) is 7.03. The quantitative estimate of drug-likeness (QED) is 0.531. The van der Waals surface area contributed by atoms with Crippen LogP contribution in [0.15, 0.2) is 30.3 Å². The van der Waals surface area contributed by atoms with Gasteiger partial charge in [0, 0.05) is 7.77 Å². The number of esters is 1. The van der Waals surface area contributed by atoms with E-state index in [4.69, 9.17) is 25.1 Å². The van der Waals surface area contributed by atoms with Crippen molar-refractivity contribution in [3.63, 3.8) is 0 Å². The van der Waals surface area contributed by atoms with Crippen molar-refractivity contribution in [3.8, 4) is 0 Å². The van der Waals surface area contributed by atoms with Crippen LogP contribution < -0.4 is 0 Å². The van der Waals surface area contributed by atoms with Gasteiger partial charge in [0.2, 0.25) is 5.78 Å². The van der Waals surface area contributed by atoms with Crippen molar-refractivity contribution in [2.75, 3.05) is 0 Å². The lowest BCUT2D eigenvalue weighted by Crippen LogP contribution is -2.33. The van der Waals surface area contributed by atoms with E-state index in [9.17, 15) is 9.59 Å². The van der Waals surface area contributed by atoms with Crippen molar-refractivity contribution in [3.05, 3.63) is 35.9 Å². The van der Waals surface area contributed by atoms with Crippen molar-refractivity contribution in [1.82, 2.24) is 0 Å². The van der Waals surface area contributed by atoms with Crippen molar-refractivity contribution in [1.29, 1.82) is 0 Å². The van der Waals surface area contributed by atoms with Crippen LogP contribution in [0.3, 0.4) is 0 Å². The Morgan fingerprint density at radius 3 is 2.52 bits per heavy atom. The number of carbonyl (C=O) groups is 2. The lowest BCUT2D eigenvalue weighted by molar-refractivity contribution is -0.236. The molecule has 27 heavy (non-hydrogen) atoms. The van der Waals surface area contributed by atoms with E-state index in [-0.39, 0.29) is 6.61 Å². The standard InChI is InChI=1S/C20H26O7/c1-12(2)24-18(22)14(21)10-15-16-17(27-20(3,4)26-16)19(25-15)23-11-13-8-6-5-7-9-13/h5-9,12,15-17,19H,10-11H2,1-4H3/t15-,16+,17+,19+/m1/s1/i10D/t10-,15-,16+,17+,19+. The number of carbonyl (C=O) groups excluding carboxylic acids is 2. The Bertz CT molecular complexity index is 706. The minimum Gasteiger partial charge on any atom is -0.457 e. The molecule has 0 aliphatic carbocycles. The van der Waals surface area contributed by atoms with Crippen molar-refractivity contribution in [2.24, 2.45) is 0 Å². The molecule has 2 fully saturated rings. The summed E-state index contributed by atoms with van der Waals surface area (Å²) in [7, 11) is 0. The summed E-state index contributed by atoms with van der Waals surface area (Å²) >= 11 is 0. The molecular formula is C20H26O7. The highest BCUT2D eigenvalue weighted by Gasteiger charge is 2.56. The number of hydrogen-bond acceptors (Lipinski definition) is 7. The molecule has 1 aromatic rings. The summed E-state index contributed by atoms with van der Waals surface area (Å²) in [5.74, 6) is -2.94. The smallest absolute Gasteiger partial charge is 0.374 e. The Balaban J connectivity index is 1.71. The predicted octanol–water partition coefficient (Wildman–Crippen LogP) is 2.36. The normalized spacial score (nSPS) is 30.6. The molecule has 0 aromatic heterocycles. The first-order valence-corrected chi connectivity index (χ1v) is 9.01. The molecule has 2 aliphatic heterocycles.